The summed E-state index contributed by atoms with van der Waals surface area (Å²) in [5.74, 6) is -1.17. The number of amides is 3. The van der Waals surface area contributed by atoms with Crippen molar-refractivity contribution in [3.63, 3.8) is 0 Å². The standard InChI is InChI=1S/C17H24N2O4S/c1-10(2)18-17(22)19-15(20)12(4)23-16(21)13(5)24-14-8-6-11(3)7-9-14/h6-10,12-13H,1-5H3,(H2,18,19,20,22)/t12-,13-/m1/s1. The third kappa shape index (κ3) is 7.04. The molecule has 0 aliphatic heterocycles. The molecule has 1 aromatic carbocycles. The molecule has 0 aromatic heterocycles. The van der Waals surface area contributed by atoms with Crippen molar-refractivity contribution in [3.8, 4) is 0 Å². The highest BCUT2D eigenvalue weighted by Crippen LogP contribution is 2.24. The molecule has 0 bridgehead atoms. The summed E-state index contributed by atoms with van der Waals surface area (Å²) in [4.78, 5) is 36.3. The smallest absolute Gasteiger partial charge is 0.321 e. The Kier molecular flexibility index (Phi) is 7.78. The van der Waals surface area contributed by atoms with Gasteiger partial charge in [-0.2, -0.15) is 0 Å². The Morgan fingerprint density at radius 2 is 1.62 bits per heavy atom. The maximum Gasteiger partial charge on any atom is 0.321 e. The van der Waals surface area contributed by atoms with E-state index in [0.29, 0.717) is 0 Å². The van der Waals surface area contributed by atoms with Gasteiger partial charge in [0.2, 0.25) is 0 Å². The van der Waals surface area contributed by atoms with Crippen molar-refractivity contribution in [1.29, 1.82) is 0 Å². The molecule has 6 nitrogen and oxygen atoms in total. The molecule has 0 saturated carbocycles. The van der Waals surface area contributed by atoms with Crippen LogP contribution in [0.4, 0.5) is 4.79 Å². The minimum atomic E-state index is -1.04. The summed E-state index contributed by atoms with van der Waals surface area (Å²) in [5.41, 5.74) is 1.14. The number of nitrogens with one attached hydrogen (secondary N) is 2. The molecule has 24 heavy (non-hydrogen) atoms. The zero-order chi connectivity index (χ0) is 18.3. The van der Waals surface area contributed by atoms with Crippen LogP contribution < -0.4 is 10.6 Å². The lowest BCUT2D eigenvalue weighted by Crippen LogP contribution is -2.46. The van der Waals surface area contributed by atoms with Crippen molar-refractivity contribution >= 4 is 29.7 Å². The predicted molar refractivity (Wildman–Crippen MR) is 93.9 cm³/mol. The van der Waals surface area contributed by atoms with Crippen molar-refractivity contribution in [2.24, 2.45) is 0 Å². The highest BCUT2D eigenvalue weighted by atomic mass is 32.2. The largest absolute Gasteiger partial charge is 0.452 e. The lowest BCUT2D eigenvalue weighted by molar-refractivity contribution is -0.153. The molecule has 7 heteroatoms. The molecule has 0 radical (unpaired) electrons. The highest BCUT2D eigenvalue weighted by molar-refractivity contribution is 8.00. The summed E-state index contributed by atoms with van der Waals surface area (Å²) in [6, 6.07) is 7.07. The fourth-order valence-corrected chi connectivity index (χ4v) is 2.56. The summed E-state index contributed by atoms with van der Waals surface area (Å²) in [6.45, 7) is 8.68. The van der Waals surface area contributed by atoms with Crippen LogP contribution in [0, 0.1) is 6.92 Å². The highest BCUT2D eigenvalue weighted by Gasteiger charge is 2.24. The molecule has 0 heterocycles. The van der Waals surface area contributed by atoms with Crippen LogP contribution in [0.5, 0.6) is 0 Å². The van der Waals surface area contributed by atoms with Gasteiger partial charge in [-0.25, -0.2) is 4.79 Å². The first-order valence-corrected chi connectivity index (χ1v) is 8.62. The van der Waals surface area contributed by atoms with Crippen LogP contribution in [-0.4, -0.2) is 35.3 Å². The van der Waals surface area contributed by atoms with Crippen LogP contribution in [-0.2, 0) is 14.3 Å². The molecule has 1 rings (SSSR count). The van der Waals surface area contributed by atoms with E-state index in [4.69, 9.17) is 4.74 Å². The van der Waals surface area contributed by atoms with Crippen molar-refractivity contribution < 1.29 is 19.1 Å². The van der Waals surface area contributed by atoms with Crippen LogP contribution in [0.15, 0.2) is 29.2 Å². The molecule has 0 fully saturated rings. The lowest BCUT2D eigenvalue weighted by Gasteiger charge is -2.17. The Morgan fingerprint density at radius 3 is 2.17 bits per heavy atom. The van der Waals surface area contributed by atoms with Gasteiger partial charge in [0.05, 0.1) is 0 Å². The van der Waals surface area contributed by atoms with E-state index in [9.17, 15) is 14.4 Å². The van der Waals surface area contributed by atoms with Gasteiger partial charge in [-0.3, -0.25) is 14.9 Å². The van der Waals surface area contributed by atoms with Gasteiger partial charge in [0, 0.05) is 10.9 Å². The molecule has 0 spiro atoms. The van der Waals surface area contributed by atoms with Gasteiger partial charge in [0.15, 0.2) is 6.10 Å². The third-order valence-corrected chi connectivity index (χ3v) is 4.07. The Hall–Kier alpha value is -2.02. The van der Waals surface area contributed by atoms with Gasteiger partial charge < -0.3 is 10.1 Å². The molecular weight excluding hydrogens is 328 g/mol. The minimum absolute atomic E-state index is 0.0958. The minimum Gasteiger partial charge on any atom is -0.452 e. The van der Waals surface area contributed by atoms with Crippen molar-refractivity contribution in [1.82, 2.24) is 10.6 Å². The quantitative estimate of drug-likeness (QED) is 0.607. The lowest BCUT2D eigenvalue weighted by atomic mass is 10.2. The van der Waals surface area contributed by atoms with E-state index in [-0.39, 0.29) is 6.04 Å². The van der Waals surface area contributed by atoms with Crippen molar-refractivity contribution in [3.05, 3.63) is 29.8 Å². The number of rotatable bonds is 6. The van der Waals surface area contributed by atoms with E-state index < -0.39 is 29.3 Å². The number of aryl methyl sites for hydroxylation is 1. The molecule has 0 unspecified atom stereocenters. The second-order valence-electron chi connectivity index (χ2n) is 5.77. The van der Waals surface area contributed by atoms with E-state index in [1.165, 1.54) is 18.7 Å². The van der Waals surface area contributed by atoms with Crippen LogP contribution in [0.1, 0.15) is 33.3 Å². The average molecular weight is 352 g/mol. The van der Waals surface area contributed by atoms with Gasteiger partial charge in [-0.1, -0.05) is 17.7 Å². The Balaban J connectivity index is 2.48. The van der Waals surface area contributed by atoms with Gasteiger partial charge >= 0.3 is 12.0 Å². The second kappa shape index (κ2) is 9.32. The predicted octanol–water partition coefficient (Wildman–Crippen LogP) is 2.64. The maximum atomic E-state index is 12.1. The fraction of sp³-hybridized carbons (Fsp3) is 0.471. The average Bonchev–Trinajstić information content (AvgIpc) is 2.48. The Morgan fingerprint density at radius 1 is 1.04 bits per heavy atom. The number of urea groups is 1. The van der Waals surface area contributed by atoms with E-state index in [2.05, 4.69) is 10.6 Å². The van der Waals surface area contributed by atoms with E-state index >= 15 is 0 Å². The van der Waals surface area contributed by atoms with Crippen LogP contribution in [0.3, 0.4) is 0 Å². The van der Waals surface area contributed by atoms with Crippen molar-refractivity contribution in [2.75, 3.05) is 0 Å². The zero-order valence-corrected chi connectivity index (χ0v) is 15.4. The molecule has 1 aromatic rings. The number of esters is 1. The molecule has 2 N–H and O–H groups in total. The summed E-state index contributed by atoms with van der Waals surface area (Å²) in [7, 11) is 0. The van der Waals surface area contributed by atoms with Crippen LogP contribution >= 0.6 is 11.8 Å². The summed E-state index contributed by atoms with van der Waals surface area (Å²) < 4.78 is 5.12. The van der Waals surface area contributed by atoms with Gasteiger partial charge in [0.25, 0.3) is 5.91 Å². The molecule has 0 aliphatic carbocycles. The maximum absolute atomic E-state index is 12.1. The first-order chi connectivity index (χ1) is 11.2. The summed E-state index contributed by atoms with van der Waals surface area (Å²) in [5, 5.41) is 4.20. The molecule has 0 saturated heterocycles. The van der Waals surface area contributed by atoms with Crippen LogP contribution in [0.2, 0.25) is 0 Å². The number of hydrogen-bond donors (Lipinski definition) is 2. The van der Waals surface area contributed by atoms with Gasteiger partial charge in [0.1, 0.15) is 5.25 Å². The van der Waals surface area contributed by atoms with E-state index in [1.54, 1.807) is 20.8 Å². The third-order valence-electron chi connectivity index (χ3n) is 2.98. The number of ether oxygens (including phenoxy) is 1. The first kappa shape index (κ1) is 20.0. The van der Waals surface area contributed by atoms with E-state index in [0.717, 1.165) is 10.5 Å². The number of benzene rings is 1. The summed E-state index contributed by atoms with van der Waals surface area (Å²) in [6.07, 6.45) is -1.04. The number of thioether (sulfide) groups is 1. The Bertz CT molecular complexity index is 587. The number of imide groups is 1. The fourth-order valence-electron chi connectivity index (χ4n) is 1.70. The topological polar surface area (TPSA) is 84.5 Å². The molecule has 3 amide bonds. The number of hydrogen-bond acceptors (Lipinski definition) is 5. The monoisotopic (exact) mass is 352 g/mol. The number of carbonyl (C=O) groups is 3. The molecule has 132 valence electrons. The van der Waals surface area contributed by atoms with Crippen LogP contribution in [0.25, 0.3) is 0 Å². The van der Waals surface area contributed by atoms with Crippen molar-refractivity contribution in [2.45, 2.75) is 56.9 Å². The molecule has 0 aliphatic rings. The molecular formula is C17H24N2O4S. The summed E-state index contributed by atoms with van der Waals surface area (Å²) >= 11 is 1.35. The van der Waals surface area contributed by atoms with Gasteiger partial charge in [-0.05, 0) is 46.8 Å². The Labute approximate surface area is 146 Å². The second-order valence-corrected chi connectivity index (χ2v) is 7.18. The first-order valence-electron chi connectivity index (χ1n) is 7.74. The normalized spacial score (nSPS) is 13.1. The van der Waals surface area contributed by atoms with Gasteiger partial charge in [-0.15, -0.1) is 11.8 Å². The van der Waals surface area contributed by atoms with E-state index in [1.807, 2.05) is 31.2 Å². The zero-order valence-electron chi connectivity index (χ0n) is 14.6. The number of carbonyl (C=O) groups excluding carboxylic acids is 3. The molecule has 2 atom stereocenters. The SMILES string of the molecule is Cc1ccc(S[C@H](C)C(=O)O[C@H](C)C(=O)NC(=O)NC(C)C)cc1.